The maximum atomic E-state index is 11.5. The standard InChI is InChI=1S/C11H10O2/c12-10(11(13)9-6-7-9)8-4-2-1-3-5-8/h1-5,9H,6-7H2. The molecular formula is C11H10O2. The average Bonchev–Trinajstić information content (AvgIpc) is 3.00. The second-order valence-corrected chi connectivity index (χ2v) is 3.33. The van der Waals surface area contributed by atoms with Gasteiger partial charge in [0.05, 0.1) is 0 Å². The highest BCUT2D eigenvalue weighted by Crippen LogP contribution is 2.30. The van der Waals surface area contributed by atoms with Crippen molar-refractivity contribution in [2.45, 2.75) is 12.8 Å². The van der Waals surface area contributed by atoms with Gasteiger partial charge in [-0.05, 0) is 12.8 Å². The molecule has 0 aliphatic heterocycles. The van der Waals surface area contributed by atoms with Crippen LogP contribution in [-0.4, -0.2) is 11.6 Å². The molecule has 0 spiro atoms. The summed E-state index contributed by atoms with van der Waals surface area (Å²) in [7, 11) is 0. The molecule has 1 aliphatic rings. The van der Waals surface area contributed by atoms with Gasteiger partial charge >= 0.3 is 0 Å². The zero-order chi connectivity index (χ0) is 9.26. The van der Waals surface area contributed by atoms with Crippen molar-refractivity contribution in [1.82, 2.24) is 0 Å². The van der Waals surface area contributed by atoms with Crippen LogP contribution in [0.2, 0.25) is 0 Å². The summed E-state index contributed by atoms with van der Waals surface area (Å²) in [6, 6.07) is 8.74. The molecule has 1 aromatic rings. The maximum absolute atomic E-state index is 11.5. The SMILES string of the molecule is O=C(C(=O)C1CC1)c1ccccc1. The van der Waals surface area contributed by atoms with Gasteiger partial charge in [-0.2, -0.15) is 0 Å². The molecule has 2 rings (SSSR count). The Morgan fingerprint density at radius 2 is 1.69 bits per heavy atom. The van der Waals surface area contributed by atoms with E-state index in [0.29, 0.717) is 5.56 Å². The monoisotopic (exact) mass is 174 g/mol. The number of carbonyl (C=O) groups excluding carboxylic acids is 2. The normalized spacial score (nSPS) is 15.4. The number of ketones is 2. The molecule has 0 N–H and O–H groups in total. The summed E-state index contributed by atoms with van der Waals surface area (Å²) in [6.07, 6.45) is 1.77. The minimum absolute atomic E-state index is 0.0210. The highest BCUT2D eigenvalue weighted by atomic mass is 16.2. The average molecular weight is 174 g/mol. The fourth-order valence-electron chi connectivity index (χ4n) is 1.26. The first-order valence-corrected chi connectivity index (χ1v) is 4.42. The predicted octanol–water partition coefficient (Wildman–Crippen LogP) is 1.85. The van der Waals surface area contributed by atoms with Gasteiger partial charge in [-0.1, -0.05) is 30.3 Å². The van der Waals surface area contributed by atoms with Crippen molar-refractivity contribution in [1.29, 1.82) is 0 Å². The largest absolute Gasteiger partial charge is 0.290 e. The molecule has 66 valence electrons. The van der Waals surface area contributed by atoms with Crippen molar-refractivity contribution in [3.8, 4) is 0 Å². The molecule has 0 saturated heterocycles. The smallest absolute Gasteiger partial charge is 0.228 e. The van der Waals surface area contributed by atoms with Gasteiger partial charge in [0.15, 0.2) is 0 Å². The lowest BCUT2D eigenvalue weighted by molar-refractivity contribution is -0.116. The van der Waals surface area contributed by atoms with Gasteiger partial charge in [-0.25, -0.2) is 0 Å². The van der Waals surface area contributed by atoms with Gasteiger partial charge in [0.1, 0.15) is 0 Å². The van der Waals surface area contributed by atoms with Crippen LogP contribution in [0.4, 0.5) is 0 Å². The van der Waals surface area contributed by atoms with E-state index in [2.05, 4.69) is 0 Å². The van der Waals surface area contributed by atoms with Crippen LogP contribution in [0.15, 0.2) is 30.3 Å². The molecule has 1 fully saturated rings. The van der Waals surface area contributed by atoms with Crippen molar-refractivity contribution in [3.05, 3.63) is 35.9 Å². The van der Waals surface area contributed by atoms with Gasteiger partial charge in [0.2, 0.25) is 11.6 Å². The molecule has 2 nitrogen and oxygen atoms in total. The first-order valence-electron chi connectivity index (χ1n) is 4.42. The minimum atomic E-state index is -0.330. The van der Waals surface area contributed by atoms with Crippen LogP contribution in [-0.2, 0) is 4.79 Å². The quantitative estimate of drug-likeness (QED) is 0.517. The molecular weight excluding hydrogens is 164 g/mol. The summed E-state index contributed by atoms with van der Waals surface area (Å²) in [6.45, 7) is 0. The molecule has 0 amide bonds. The Bertz CT molecular complexity index is 336. The van der Waals surface area contributed by atoms with Gasteiger partial charge < -0.3 is 0 Å². The Labute approximate surface area is 76.6 Å². The molecule has 1 saturated carbocycles. The second-order valence-electron chi connectivity index (χ2n) is 3.33. The van der Waals surface area contributed by atoms with Crippen molar-refractivity contribution < 1.29 is 9.59 Å². The Balaban J connectivity index is 2.17. The maximum Gasteiger partial charge on any atom is 0.228 e. The summed E-state index contributed by atoms with van der Waals surface area (Å²) in [4.78, 5) is 22.8. The molecule has 0 aromatic heterocycles. The first kappa shape index (κ1) is 8.17. The van der Waals surface area contributed by atoms with E-state index in [1.165, 1.54) is 0 Å². The predicted molar refractivity (Wildman–Crippen MR) is 48.5 cm³/mol. The zero-order valence-electron chi connectivity index (χ0n) is 7.19. The number of hydrogen-bond donors (Lipinski definition) is 0. The Kier molecular flexibility index (Phi) is 1.97. The summed E-state index contributed by atoms with van der Waals surface area (Å²) in [5.41, 5.74) is 0.513. The number of Topliss-reactive ketones (excluding diaryl/α,β-unsaturated/α-hetero) is 2. The summed E-state index contributed by atoms with van der Waals surface area (Å²) in [5.74, 6) is -0.526. The fourth-order valence-corrected chi connectivity index (χ4v) is 1.26. The molecule has 0 radical (unpaired) electrons. The lowest BCUT2D eigenvalue weighted by atomic mass is 10.1. The van der Waals surface area contributed by atoms with Crippen molar-refractivity contribution in [2.24, 2.45) is 5.92 Å². The first-order chi connectivity index (χ1) is 6.29. The van der Waals surface area contributed by atoms with Crippen LogP contribution >= 0.6 is 0 Å². The van der Waals surface area contributed by atoms with E-state index < -0.39 is 0 Å². The van der Waals surface area contributed by atoms with E-state index in [1.807, 2.05) is 6.07 Å². The lowest BCUT2D eigenvalue weighted by Gasteiger charge is -1.96. The fraction of sp³-hybridized carbons (Fsp3) is 0.273. The molecule has 2 heteroatoms. The van der Waals surface area contributed by atoms with Gasteiger partial charge in [-0.15, -0.1) is 0 Å². The minimum Gasteiger partial charge on any atom is -0.290 e. The molecule has 1 aliphatic carbocycles. The number of hydrogen-bond acceptors (Lipinski definition) is 2. The Hall–Kier alpha value is -1.44. The van der Waals surface area contributed by atoms with Crippen LogP contribution in [0.3, 0.4) is 0 Å². The van der Waals surface area contributed by atoms with E-state index in [-0.39, 0.29) is 17.5 Å². The van der Waals surface area contributed by atoms with E-state index in [0.717, 1.165) is 12.8 Å². The molecule has 0 heterocycles. The van der Waals surface area contributed by atoms with E-state index in [9.17, 15) is 9.59 Å². The van der Waals surface area contributed by atoms with E-state index >= 15 is 0 Å². The van der Waals surface area contributed by atoms with Crippen molar-refractivity contribution in [3.63, 3.8) is 0 Å². The third-order valence-electron chi connectivity index (χ3n) is 2.21. The third kappa shape index (κ3) is 1.66. The Morgan fingerprint density at radius 1 is 1.08 bits per heavy atom. The summed E-state index contributed by atoms with van der Waals surface area (Å²) >= 11 is 0. The Morgan fingerprint density at radius 3 is 2.23 bits per heavy atom. The van der Waals surface area contributed by atoms with Crippen LogP contribution in [0.5, 0.6) is 0 Å². The van der Waals surface area contributed by atoms with Crippen LogP contribution in [0.25, 0.3) is 0 Å². The lowest BCUT2D eigenvalue weighted by Crippen LogP contribution is -2.15. The van der Waals surface area contributed by atoms with Crippen LogP contribution in [0.1, 0.15) is 23.2 Å². The van der Waals surface area contributed by atoms with Crippen LogP contribution < -0.4 is 0 Å². The van der Waals surface area contributed by atoms with E-state index in [1.54, 1.807) is 24.3 Å². The van der Waals surface area contributed by atoms with Gasteiger partial charge in [-0.3, -0.25) is 9.59 Å². The molecule has 13 heavy (non-hydrogen) atoms. The number of benzene rings is 1. The van der Waals surface area contributed by atoms with Gasteiger partial charge in [0.25, 0.3) is 0 Å². The summed E-state index contributed by atoms with van der Waals surface area (Å²) in [5, 5.41) is 0. The summed E-state index contributed by atoms with van der Waals surface area (Å²) < 4.78 is 0. The van der Waals surface area contributed by atoms with Crippen molar-refractivity contribution in [2.75, 3.05) is 0 Å². The van der Waals surface area contributed by atoms with E-state index in [4.69, 9.17) is 0 Å². The molecule has 1 aromatic carbocycles. The number of rotatable bonds is 3. The van der Waals surface area contributed by atoms with Crippen LogP contribution in [0, 0.1) is 5.92 Å². The third-order valence-corrected chi connectivity index (χ3v) is 2.21. The molecule has 0 bridgehead atoms. The zero-order valence-corrected chi connectivity index (χ0v) is 7.19. The number of carbonyl (C=O) groups is 2. The molecule has 0 unspecified atom stereocenters. The highest BCUT2D eigenvalue weighted by molar-refractivity contribution is 6.44. The van der Waals surface area contributed by atoms with Gasteiger partial charge in [0, 0.05) is 11.5 Å². The topological polar surface area (TPSA) is 34.1 Å². The second kappa shape index (κ2) is 3.13. The highest BCUT2D eigenvalue weighted by Gasteiger charge is 2.34. The van der Waals surface area contributed by atoms with Crippen molar-refractivity contribution >= 4 is 11.6 Å². The molecule has 0 atom stereocenters.